The van der Waals surface area contributed by atoms with Crippen molar-refractivity contribution in [1.29, 1.82) is 0 Å². The maximum Gasteiger partial charge on any atom is 0.161 e. The van der Waals surface area contributed by atoms with Crippen molar-refractivity contribution < 1.29 is 9.47 Å². The molecule has 1 aliphatic rings. The fourth-order valence-corrected chi connectivity index (χ4v) is 1.95. The highest BCUT2D eigenvalue weighted by Crippen LogP contribution is 2.35. The first-order chi connectivity index (χ1) is 9.18. The molecule has 0 aromatic heterocycles. The van der Waals surface area contributed by atoms with Gasteiger partial charge in [-0.3, -0.25) is 0 Å². The number of aryl methyl sites for hydroxylation is 1. The van der Waals surface area contributed by atoms with Crippen molar-refractivity contribution in [2.45, 2.75) is 60.8 Å². The molecular weight excluding hydrogens is 236 g/mol. The second-order valence-electron chi connectivity index (χ2n) is 4.36. The fourth-order valence-electron chi connectivity index (χ4n) is 1.95. The average molecular weight is 266 g/mol. The van der Waals surface area contributed by atoms with Gasteiger partial charge in [0.25, 0.3) is 0 Å². The molecule has 0 aliphatic carbocycles. The standard InChI is InChI=1S/C13H18O2.2C2H6/c1-9(2)11-8-13-12(7-10(11)3)14-5-4-6-15-13;2*1-2/h7-9H,4-6H2,1-3H3;2*1-2H3. The van der Waals surface area contributed by atoms with Gasteiger partial charge in [0, 0.05) is 6.42 Å². The van der Waals surface area contributed by atoms with Crippen LogP contribution in [0.1, 0.15) is 65.0 Å². The van der Waals surface area contributed by atoms with E-state index in [1.165, 1.54) is 11.1 Å². The molecule has 0 unspecified atom stereocenters. The predicted molar refractivity (Wildman–Crippen MR) is 83.6 cm³/mol. The van der Waals surface area contributed by atoms with Gasteiger partial charge in [0.1, 0.15) is 0 Å². The molecule has 0 N–H and O–H groups in total. The molecule has 1 heterocycles. The van der Waals surface area contributed by atoms with Crippen LogP contribution in [0, 0.1) is 6.92 Å². The molecule has 0 bridgehead atoms. The smallest absolute Gasteiger partial charge is 0.161 e. The summed E-state index contributed by atoms with van der Waals surface area (Å²) in [4.78, 5) is 0. The molecule has 0 radical (unpaired) electrons. The Labute approximate surface area is 119 Å². The maximum absolute atomic E-state index is 5.67. The van der Waals surface area contributed by atoms with Crippen molar-refractivity contribution in [2.24, 2.45) is 0 Å². The van der Waals surface area contributed by atoms with E-state index in [2.05, 4.69) is 32.9 Å². The first-order valence-corrected chi connectivity index (χ1v) is 7.58. The van der Waals surface area contributed by atoms with E-state index in [0.717, 1.165) is 31.1 Å². The number of fused-ring (bicyclic) bond motifs is 1. The van der Waals surface area contributed by atoms with Crippen molar-refractivity contribution in [1.82, 2.24) is 0 Å². The fraction of sp³-hybridized carbons (Fsp3) is 0.647. The van der Waals surface area contributed by atoms with E-state index in [1.54, 1.807) is 0 Å². The van der Waals surface area contributed by atoms with Crippen molar-refractivity contribution >= 4 is 0 Å². The van der Waals surface area contributed by atoms with E-state index in [0.29, 0.717) is 5.92 Å². The van der Waals surface area contributed by atoms with E-state index in [-0.39, 0.29) is 0 Å². The topological polar surface area (TPSA) is 18.5 Å². The molecule has 110 valence electrons. The Morgan fingerprint density at radius 3 is 1.84 bits per heavy atom. The van der Waals surface area contributed by atoms with Gasteiger partial charge in [-0.05, 0) is 36.1 Å². The Bertz CT molecular complexity index is 357. The summed E-state index contributed by atoms with van der Waals surface area (Å²) in [6.07, 6.45) is 0.963. The van der Waals surface area contributed by atoms with Crippen molar-refractivity contribution in [3.05, 3.63) is 23.3 Å². The number of benzene rings is 1. The minimum atomic E-state index is 0.530. The highest BCUT2D eigenvalue weighted by Gasteiger charge is 2.14. The Hall–Kier alpha value is -1.18. The zero-order valence-corrected chi connectivity index (χ0v) is 13.7. The third-order valence-electron chi connectivity index (χ3n) is 2.76. The summed E-state index contributed by atoms with van der Waals surface area (Å²) in [5.41, 5.74) is 2.63. The minimum Gasteiger partial charge on any atom is -0.490 e. The van der Waals surface area contributed by atoms with Crippen LogP contribution in [-0.2, 0) is 0 Å². The van der Waals surface area contributed by atoms with E-state index >= 15 is 0 Å². The van der Waals surface area contributed by atoms with Crippen LogP contribution < -0.4 is 9.47 Å². The van der Waals surface area contributed by atoms with Crippen LogP contribution in [0.4, 0.5) is 0 Å². The van der Waals surface area contributed by atoms with Crippen LogP contribution in [-0.4, -0.2) is 13.2 Å². The van der Waals surface area contributed by atoms with Crippen LogP contribution >= 0.6 is 0 Å². The average Bonchev–Trinajstić information content (AvgIpc) is 2.67. The van der Waals surface area contributed by atoms with Gasteiger partial charge in [0.15, 0.2) is 11.5 Å². The Morgan fingerprint density at radius 1 is 0.895 bits per heavy atom. The highest BCUT2D eigenvalue weighted by molar-refractivity contribution is 5.48. The third-order valence-corrected chi connectivity index (χ3v) is 2.76. The molecule has 2 heteroatoms. The van der Waals surface area contributed by atoms with Gasteiger partial charge >= 0.3 is 0 Å². The molecule has 0 spiro atoms. The molecule has 0 saturated carbocycles. The molecule has 0 amide bonds. The zero-order valence-electron chi connectivity index (χ0n) is 13.7. The lowest BCUT2D eigenvalue weighted by atomic mass is 9.97. The van der Waals surface area contributed by atoms with Gasteiger partial charge in [0.05, 0.1) is 13.2 Å². The second-order valence-corrected chi connectivity index (χ2v) is 4.36. The Kier molecular flexibility index (Phi) is 9.11. The van der Waals surface area contributed by atoms with Crippen molar-refractivity contribution in [2.75, 3.05) is 13.2 Å². The summed E-state index contributed by atoms with van der Waals surface area (Å²) >= 11 is 0. The van der Waals surface area contributed by atoms with Crippen LogP contribution in [0.3, 0.4) is 0 Å². The molecule has 0 atom stereocenters. The van der Waals surface area contributed by atoms with Gasteiger partial charge < -0.3 is 9.47 Å². The molecule has 1 aliphatic heterocycles. The van der Waals surface area contributed by atoms with Gasteiger partial charge in [-0.25, -0.2) is 0 Å². The number of ether oxygens (including phenoxy) is 2. The number of hydrogen-bond donors (Lipinski definition) is 0. The summed E-state index contributed by atoms with van der Waals surface area (Å²) in [6.45, 7) is 16.0. The molecule has 0 saturated heterocycles. The lowest BCUT2D eigenvalue weighted by Crippen LogP contribution is -1.97. The summed E-state index contributed by atoms with van der Waals surface area (Å²) < 4.78 is 11.3. The quantitative estimate of drug-likeness (QED) is 0.683. The van der Waals surface area contributed by atoms with E-state index < -0.39 is 0 Å². The lowest BCUT2D eigenvalue weighted by Gasteiger charge is -2.14. The van der Waals surface area contributed by atoms with Gasteiger partial charge in [-0.15, -0.1) is 0 Å². The largest absolute Gasteiger partial charge is 0.490 e. The van der Waals surface area contributed by atoms with Crippen molar-refractivity contribution in [3.8, 4) is 11.5 Å². The first kappa shape index (κ1) is 17.8. The van der Waals surface area contributed by atoms with Crippen LogP contribution in [0.5, 0.6) is 11.5 Å². The van der Waals surface area contributed by atoms with Gasteiger partial charge in [0.2, 0.25) is 0 Å². The summed E-state index contributed by atoms with van der Waals surface area (Å²) in [5, 5.41) is 0. The normalized spacial score (nSPS) is 12.6. The molecule has 1 aromatic carbocycles. The second kappa shape index (κ2) is 9.71. The minimum absolute atomic E-state index is 0.530. The first-order valence-electron chi connectivity index (χ1n) is 7.58. The number of rotatable bonds is 1. The maximum atomic E-state index is 5.67. The predicted octanol–water partition coefficient (Wildman–Crippen LogP) is 5.33. The Balaban J connectivity index is 0.000000741. The summed E-state index contributed by atoms with van der Waals surface area (Å²) in [5.74, 6) is 2.33. The van der Waals surface area contributed by atoms with E-state index in [1.807, 2.05) is 27.7 Å². The van der Waals surface area contributed by atoms with Gasteiger partial charge in [-0.2, -0.15) is 0 Å². The van der Waals surface area contributed by atoms with Crippen LogP contribution in [0.25, 0.3) is 0 Å². The molecule has 19 heavy (non-hydrogen) atoms. The highest BCUT2D eigenvalue weighted by atomic mass is 16.5. The number of hydrogen-bond acceptors (Lipinski definition) is 2. The van der Waals surface area contributed by atoms with Crippen LogP contribution in [0.15, 0.2) is 12.1 Å². The zero-order chi connectivity index (χ0) is 14.8. The Morgan fingerprint density at radius 2 is 1.37 bits per heavy atom. The molecule has 0 fully saturated rings. The van der Waals surface area contributed by atoms with Gasteiger partial charge in [-0.1, -0.05) is 41.5 Å². The summed E-state index contributed by atoms with van der Waals surface area (Å²) in [6, 6.07) is 4.22. The lowest BCUT2D eigenvalue weighted by molar-refractivity contribution is 0.297. The monoisotopic (exact) mass is 266 g/mol. The van der Waals surface area contributed by atoms with E-state index in [9.17, 15) is 0 Å². The third kappa shape index (κ3) is 5.14. The molecule has 2 nitrogen and oxygen atoms in total. The molecule has 2 rings (SSSR count). The van der Waals surface area contributed by atoms with E-state index in [4.69, 9.17) is 9.47 Å². The summed E-state index contributed by atoms with van der Waals surface area (Å²) in [7, 11) is 0. The van der Waals surface area contributed by atoms with Crippen LogP contribution in [0.2, 0.25) is 0 Å². The molecular formula is C17H30O2. The molecule has 1 aromatic rings. The van der Waals surface area contributed by atoms with Crippen molar-refractivity contribution in [3.63, 3.8) is 0 Å². The SMILES string of the molecule is CC.CC.Cc1cc2c(cc1C(C)C)OCCCO2.